The molecule has 1 aromatic rings. The van der Waals surface area contributed by atoms with Crippen LogP contribution in [-0.2, 0) is 4.79 Å². The molecule has 0 unspecified atom stereocenters. The van der Waals surface area contributed by atoms with Gasteiger partial charge in [0.1, 0.15) is 0 Å². The summed E-state index contributed by atoms with van der Waals surface area (Å²) in [4.78, 5) is 18.4. The number of amides is 1. The van der Waals surface area contributed by atoms with Crippen molar-refractivity contribution in [2.45, 2.75) is 0 Å². The highest BCUT2D eigenvalue weighted by Gasteiger charge is 2.07. The van der Waals surface area contributed by atoms with Gasteiger partial charge in [-0.25, -0.2) is 0 Å². The molecule has 0 saturated carbocycles. The molecule has 6 heteroatoms. The first-order valence-corrected chi connectivity index (χ1v) is 4.25. The summed E-state index contributed by atoms with van der Waals surface area (Å²) in [6.45, 7) is 0. The summed E-state index contributed by atoms with van der Waals surface area (Å²) in [5, 5.41) is 10.2. The summed E-state index contributed by atoms with van der Waals surface area (Å²) >= 11 is 1.93. The lowest BCUT2D eigenvalue weighted by molar-refractivity contribution is -0.385. The molecule has 0 aliphatic carbocycles. The third-order valence-electron chi connectivity index (χ3n) is 1.05. The van der Waals surface area contributed by atoms with Crippen molar-refractivity contribution in [3.8, 4) is 0 Å². The van der Waals surface area contributed by atoms with E-state index in [2.05, 4.69) is 5.73 Å². The van der Waals surface area contributed by atoms with Gasteiger partial charge < -0.3 is 5.73 Å². The first-order valence-electron chi connectivity index (χ1n) is 3.17. The van der Waals surface area contributed by atoms with Crippen molar-refractivity contribution in [3.05, 3.63) is 37.9 Å². The Kier molecular flexibility index (Phi) is 5.77. The quantitative estimate of drug-likeness (QED) is 0.366. The Hall–Kier alpha value is -1.18. The van der Waals surface area contributed by atoms with Gasteiger partial charge in [-0.2, -0.15) is 0 Å². The Morgan fingerprint density at radius 2 is 1.92 bits per heavy atom. The number of nitro groups is 1. The summed E-state index contributed by atoms with van der Waals surface area (Å²) in [5.41, 5.74) is 4.34. The van der Waals surface area contributed by atoms with Crippen LogP contribution in [0.1, 0.15) is 0 Å². The van der Waals surface area contributed by atoms with Gasteiger partial charge in [-0.15, -0.1) is 0 Å². The van der Waals surface area contributed by atoms with Crippen LogP contribution in [0.25, 0.3) is 0 Å². The van der Waals surface area contributed by atoms with E-state index in [4.69, 9.17) is 4.79 Å². The molecule has 5 nitrogen and oxygen atoms in total. The average molecular weight is 294 g/mol. The smallest absolute Gasteiger partial charge is 0.282 e. The number of rotatable bonds is 1. The lowest BCUT2D eigenvalue weighted by atomic mass is 10.3. The Balaban J connectivity index is 0.000000424. The Labute approximate surface area is 88.2 Å². The molecule has 0 aliphatic rings. The topological polar surface area (TPSA) is 86.2 Å². The lowest BCUT2D eigenvalue weighted by Crippen LogP contribution is -1.89. The normalized spacial score (nSPS) is 8.08. The number of nitrogens with two attached hydrogens (primary N) is 1. The van der Waals surface area contributed by atoms with E-state index in [1.165, 1.54) is 6.07 Å². The zero-order valence-electron chi connectivity index (χ0n) is 6.51. The number of carbonyl (C=O) groups is 1. The maximum atomic E-state index is 10.2. The Bertz CT molecular complexity index is 304. The first kappa shape index (κ1) is 11.8. The number of halogens is 1. The van der Waals surface area contributed by atoms with Gasteiger partial charge in [-0.1, -0.05) is 12.1 Å². The molecule has 13 heavy (non-hydrogen) atoms. The van der Waals surface area contributed by atoms with Crippen molar-refractivity contribution in [3.63, 3.8) is 0 Å². The van der Waals surface area contributed by atoms with Crippen LogP contribution in [0.5, 0.6) is 0 Å². The molecule has 0 heterocycles. The van der Waals surface area contributed by atoms with Crippen molar-refractivity contribution in [2.24, 2.45) is 5.73 Å². The zero-order valence-corrected chi connectivity index (χ0v) is 8.67. The number of hydrogen-bond donors (Lipinski definition) is 1. The monoisotopic (exact) mass is 294 g/mol. The van der Waals surface area contributed by atoms with Crippen molar-refractivity contribution in [1.29, 1.82) is 0 Å². The summed E-state index contributed by atoms with van der Waals surface area (Å²) in [5.74, 6) is 0. The predicted molar refractivity (Wildman–Crippen MR) is 56.1 cm³/mol. The third kappa shape index (κ3) is 4.41. The van der Waals surface area contributed by atoms with Crippen LogP contribution in [-0.4, -0.2) is 11.3 Å². The van der Waals surface area contributed by atoms with Gasteiger partial charge in [0.25, 0.3) is 5.69 Å². The molecule has 0 bridgehead atoms. The van der Waals surface area contributed by atoms with Crippen molar-refractivity contribution < 1.29 is 9.72 Å². The SMILES string of the molecule is NC=O.O=[N+]([O-])c1ccccc1I. The van der Waals surface area contributed by atoms with Crippen LogP contribution in [0.3, 0.4) is 0 Å². The van der Waals surface area contributed by atoms with E-state index in [1.54, 1.807) is 18.2 Å². The fraction of sp³-hybridized carbons (Fsp3) is 0. The van der Waals surface area contributed by atoms with Gasteiger partial charge in [0.05, 0.1) is 8.49 Å². The molecule has 70 valence electrons. The van der Waals surface area contributed by atoms with E-state index in [-0.39, 0.29) is 17.0 Å². The number of nitrogens with zero attached hydrogens (tertiary/aromatic N) is 1. The average Bonchev–Trinajstić information content (AvgIpc) is 2.06. The molecule has 2 N–H and O–H groups in total. The van der Waals surface area contributed by atoms with E-state index < -0.39 is 0 Å². The van der Waals surface area contributed by atoms with Gasteiger partial charge in [-0.3, -0.25) is 14.9 Å². The van der Waals surface area contributed by atoms with Crippen LogP contribution in [0.15, 0.2) is 24.3 Å². The lowest BCUT2D eigenvalue weighted by Gasteiger charge is -1.91. The maximum absolute atomic E-state index is 10.2. The second kappa shape index (κ2) is 6.35. The molecule has 0 radical (unpaired) electrons. The van der Waals surface area contributed by atoms with Crippen molar-refractivity contribution in [2.75, 3.05) is 0 Å². The summed E-state index contributed by atoms with van der Waals surface area (Å²) < 4.78 is 0.671. The van der Waals surface area contributed by atoms with Crippen LogP contribution in [0.4, 0.5) is 5.69 Å². The molecular formula is C7H7IN2O3. The molecular weight excluding hydrogens is 287 g/mol. The summed E-state index contributed by atoms with van der Waals surface area (Å²) in [7, 11) is 0. The van der Waals surface area contributed by atoms with Crippen LogP contribution in [0.2, 0.25) is 0 Å². The fourth-order valence-electron chi connectivity index (χ4n) is 0.600. The highest BCUT2D eigenvalue weighted by Crippen LogP contribution is 2.18. The van der Waals surface area contributed by atoms with Crippen LogP contribution < -0.4 is 5.73 Å². The number of benzene rings is 1. The molecule has 0 spiro atoms. The van der Waals surface area contributed by atoms with E-state index in [0.717, 1.165) is 0 Å². The standard InChI is InChI=1S/C6H4INO2.CH3NO/c7-5-3-1-2-4-6(5)8(9)10;2-1-3/h1-4H;1H,(H2,2,3). The number of hydrogen-bond acceptors (Lipinski definition) is 3. The second-order valence-corrected chi connectivity index (χ2v) is 3.01. The first-order chi connectivity index (χ1) is 6.13. The van der Waals surface area contributed by atoms with Gasteiger partial charge in [-0.05, 0) is 28.7 Å². The van der Waals surface area contributed by atoms with E-state index in [9.17, 15) is 10.1 Å². The Morgan fingerprint density at radius 3 is 2.23 bits per heavy atom. The minimum absolute atomic E-state index is 0.170. The van der Waals surface area contributed by atoms with Gasteiger partial charge >= 0.3 is 0 Å². The van der Waals surface area contributed by atoms with E-state index in [0.29, 0.717) is 3.57 Å². The van der Waals surface area contributed by atoms with Crippen LogP contribution in [0, 0.1) is 13.7 Å². The zero-order chi connectivity index (χ0) is 10.3. The van der Waals surface area contributed by atoms with Gasteiger partial charge in [0.15, 0.2) is 0 Å². The largest absolute Gasteiger partial charge is 0.372 e. The molecule has 1 amide bonds. The van der Waals surface area contributed by atoms with Gasteiger partial charge in [0, 0.05) is 6.07 Å². The third-order valence-corrected chi connectivity index (χ3v) is 1.96. The van der Waals surface area contributed by atoms with Gasteiger partial charge in [0.2, 0.25) is 6.41 Å². The van der Waals surface area contributed by atoms with Crippen molar-refractivity contribution in [1.82, 2.24) is 0 Å². The fourth-order valence-corrected chi connectivity index (χ4v) is 1.18. The highest BCUT2D eigenvalue weighted by atomic mass is 127. The highest BCUT2D eigenvalue weighted by molar-refractivity contribution is 14.1. The molecule has 1 aromatic carbocycles. The molecule has 0 aliphatic heterocycles. The summed E-state index contributed by atoms with van der Waals surface area (Å²) in [6.07, 6.45) is 0.250. The maximum Gasteiger partial charge on any atom is 0.282 e. The van der Waals surface area contributed by atoms with Crippen LogP contribution >= 0.6 is 22.6 Å². The summed E-state index contributed by atoms with van der Waals surface area (Å²) in [6, 6.07) is 6.62. The number of para-hydroxylation sites is 1. The Morgan fingerprint density at radius 1 is 1.46 bits per heavy atom. The molecule has 0 fully saturated rings. The minimum atomic E-state index is -0.387. The minimum Gasteiger partial charge on any atom is -0.372 e. The number of primary amides is 1. The molecule has 0 aromatic heterocycles. The van der Waals surface area contributed by atoms with E-state index >= 15 is 0 Å². The number of nitro benzene ring substituents is 1. The second-order valence-electron chi connectivity index (χ2n) is 1.84. The molecule has 1 rings (SSSR count). The molecule has 0 saturated heterocycles. The van der Waals surface area contributed by atoms with E-state index in [1.807, 2.05) is 22.6 Å². The number of carbonyl (C=O) groups excluding carboxylic acids is 1. The van der Waals surface area contributed by atoms with Crippen molar-refractivity contribution >= 4 is 34.7 Å². The predicted octanol–water partition coefficient (Wildman–Crippen LogP) is 1.30. The molecule has 0 atom stereocenters.